The maximum absolute atomic E-state index is 10.8. The third kappa shape index (κ3) is 5.67. The molecule has 4 rings (SSSR count). The molecular formula is C39H48O3. The monoisotopic (exact) mass is 564 g/mol. The molecule has 0 aliphatic carbocycles. The summed E-state index contributed by atoms with van der Waals surface area (Å²) in [6.07, 6.45) is 0. The van der Waals surface area contributed by atoms with Gasteiger partial charge in [-0.05, 0) is 140 Å². The van der Waals surface area contributed by atoms with Crippen LogP contribution in [0.25, 0.3) is 33.4 Å². The second kappa shape index (κ2) is 10.5. The van der Waals surface area contributed by atoms with Crippen LogP contribution in [-0.2, 0) is 16.2 Å². The molecule has 0 fully saturated rings. The van der Waals surface area contributed by atoms with Gasteiger partial charge >= 0.3 is 0 Å². The predicted octanol–water partition coefficient (Wildman–Crippen LogP) is 10.6. The molecule has 3 N–H and O–H groups in total. The molecule has 0 aliphatic rings. The molecule has 0 bridgehead atoms. The van der Waals surface area contributed by atoms with E-state index in [1.54, 1.807) is 0 Å². The number of phenolic OH excluding ortho intramolecular Hbond substituents is 3. The highest BCUT2D eigenvalue weighted by Crippen LogP contribution is 2.47. The second-order valence-corrected chi connectivity index (χ2v) is 14.9. The van der Waals surface area contributed by atoms with Gasteiger partial charge in [-0.15, -0.1) is 0 Å². The zero-order valence-electron chi connectivity index (χ0n) is 27.5. The van der Waals surface area contributed by atoms with Gasteiger partial charge in [-0.2, -0.15) is 0 Å². The van der Waals surface area contributed by atoms with E-state index in [1.807, 2.05) is 36.4 Å². The van der Waals surface area contributed by atoms with Crippen molar-refractivity contribution in [2.75, 3.05) is 0 Å². The van der Waals surface area contributed by atoms with Gasteiger partial charge in [0.25, 0.3) is 0 Å². The first-order valence-electron chi connectivity index (χ1n) is 14.9. The van der Waals surface area contributed by atoms with Crippen molar-refractivity contribution in [2.45, 2.75) is 99.3 Å². The van der Waals surface area contributed by atoms with Crippen molar-refractivity contribution in [3.8, 4) is 50.6 Å². The van der Waals surface area contributed by atoms with E-state index in [0.29, 0.717) is 17.2 Å². The molecule has 0 spiro atoms. The van der Waals surface area contributed by atoms with E-state index >= 15 is 0 Å². The highest BCUT2D eigenvalue weighted by Gasteiger charge is 2.26. The molecule has 4 aromatic carbocycles. The molecule has 0 amide bonds. The molecule has 0 aliphatic heterocycles. The van der Waals surface area contributed by atoms with Crippen LogP contribution in [0, 0.1) is 20.8 Å². The Morgan fingerprint density at radius 2 is 0.595 bits per heavy atom. The third-order valence-electron chi connectivity index (χ3n) is 8.53. The molecule has 0 atom stereocenters. The highest BCUT2D eigenvalue weighted by molar-refractivity contribution is 5.92. The highest BCUT2D eigenvalue weighted by atomic mass is 16.3. The minimum atomic E-state index is -0.227. The van der Waals surface area contributed by atoms with Gasteiger partial charge in [-0.3, -0.25) is 0 Å². The maximum Gasteiger partial charge on any atom is 0.119 e. The molecule has 0 heterocycles. The van der Waals surface area contributed by atoms with Crippen LogP contribution in [0.15, 0.2) is 54.6 Å². The minimum absolute atomic E-state index is 0.227. The van der Waals surface area contributed by atoms with Gasteiger partial charge in [-0.25, -0.2) is 0 Å². The fraction of sp³-hybridized carbons (Fsp3) is 0.385. The molecule has 0 aromatic heterocycles. The quantitative estimate of drug-likeness (QED) is 0.232. The van der Waals surface area contributed by atoms with Crippen LogP contribution in [0.2, 0.25) is 0 Å². The van der Waals surface area contributed by atoms with Gasteiger partial charge < -0.3 is 15.3 Å². The summed E-state index contributed by atoms with van der Waals surface area (Å²) in [6, 6.07) is 17.8. The number of hydrogen-bond acceptors (Lipinski definition) is 3. The summed E-state index contributed by atoms with van der Waals surface area (Å²) in [5.74, 6) is 0.905. The van der Waals surface area contributed by atoms with Crippen LogP contribution in [0.1, 0.15) is 95.7 Å². The average Bonchev–Trinajstić information content (AvgIpc) is 2.84. The first-order valence-corrected chi connectivity index (χ1v) is 14.9. The lowest BCUT2D eigenvalue weighted by atomic mass is 9.77. The van der Waals surface area contributed by atoms with Crippen molar-refractivity contribution in [2.24, 2.45) is 0 Å². The summed E-state index contributed by atoms with van der Waals surface area (Å²) in [4.78, 5) is 0. The Hall–Kier alpha value is -3.72. The van der Waals surface area contributed by atoms with Crippen molar-refractivity contribution < 1.29 is 15.3 Å². The van der Waals surface area contributed by atoms with Crippen LogP contribution >= 0.6 is 0 Å². The van der Waals surface area contributed by atoms with Crippen LogP contribution in [-0.4, -0.2) is 15.3 Å². The Labute approximate surface area is 252 Å². The van der Waals surface area contributed by atoms with Crippen molar-refractivity contribution in [3.63, 3.8) is 0 Å². The van der Waals surface area contributed by atoms with Crippen LogP contribution in [0.3, 0.4) is 0 Å². The van der Waals surface area contributed by atoms with Gasteiger partial charge in [0.1, 0.15) is 17.2 Å². The molecule has 3 nitrogen and oxygen atoms in total. The summed E-state index contributed by atoms with van der Waals surface area (Å²) in [7, 11) is 0. The van der Waals surface area contributed by atoms with Crippen molar-refractivity contribution in [3.05, 3.63) is 88.0 Å². The van der Waals surface area contributed by atoms with E-state index in [0.717, 1.165) is 66.8 Å². The van der Waals surface area contributed by atoms with E-state index in [-0.39, 0.29) is 16.2 Å². The molecule has 0 saturated heterocycles. The number of benzene rings is 4. The fourth-order valence-electron chi connectivity index (χ4n) is 6.39. The van der Waals surface area contributed by atoms with E-state index in [1.165, 1.54) is 0 Å². The van der Waals surface area contributed by atoms with E-state index in [9.17, 15) is 15.3 Å². The Balaban J connectivity index is 2.17. The summed E-state index contributed by atoms with van der Waals surface area (Å²) in [6.45, 7) is 25.6. The molecule has 0 radical (unpaired) electrons. The van der Waals surface area contributed by atoms with Crippen molar-refractivity contribution in [1.82, 2.24) is 0 Å². The molecule has 0 unspecified atom stereocenters. The minimum Gasteiger partial charge on any atom is -0.508 e. The molecule has 4 aromatic rings. The summed E-state index contributed by atoms with van der Waals surface area (Å²) >= 11 is 0. The zero-order chi connectivity index (χ0) is 31.5. The SMILES string of the molecule is Cc1c(-c2ccc(O)c(C(C)(C)C)c2)c(C)c(-c2ccc(O)c(C(C)(C)C)c2)c(C)c1-c1ccc(O)c(C(C)(C)C)c1. The smallest absolute Gasteiger partial charge is 0.119 e. The Kier molecular flexibility index (Phi) is 7.82. The van der Waals surface area contributed by atoms with Crippen molar-refractivity contribution in [1.29, 1.82) is 0 Å². The van der Waals surface area contributed by atoms with Crippen LogP contribution < -0.4 is 0 Å². The third-order valence-corrected chi connectivity index (χ3v) is 8.53. The van der Waals surface area contributed by atoms with Gasteiger partial charge in [-0.1, -0.05) is 80.5 Å². The van der Waals surface area contributed by atoms with E-state index in [2.05, 4.69) is 101 Å². The van der Waals surface area contributed by atoms with E-state index < -0.39 is 0 Å². The fourth-order valence-corrected chi connectivity index (χ4v) is 6.39. The lowest BCUT2D eigenvalue weighted by molar-refractivity contribution is 0.446. The molecule has 0 saturated carbocycles. The summed E-state index contributed by atoms with van der Waals surface area (Å²) in [5, 5.41) is 32.4. The Morgan fingerprint density at radius 3 is 0.786 bits per heavy atom. The van der Waals surface area contributed by atoms with Gasteiger partial charge in [0.2, 0.25) is 0 Å². The van der Waals surface area contributed by atoms with Crippen LogP contribution in [0.5, 0.6) is 17.2 Å². The number of phenols is 3. The number of rotatable bonds is 3. The number of hydrogen-bond donors (Lipinski definition) is 3. The summed E-state index contributed by atoms with van der Waals surface area (Å²) < 4.78 is 0. The lowest BCUT2D eigenvalue weighted by Crippen LogP contribution is -2.12. The predicted molar refractivity (Wildman–Crippen MR) is 178 cm³/mol. The zero-order valence-corrected chi connectivity index (χ0v) is 27.5. The maximum atomic E-state index is 10.8. The van der Waals surface area contributed by atoms with E-state index in [4.69, 9.17) is 0 Å². The normalized spacial score (nSPS) is 12.6. The average molecular weight is 565 g/mol. The largest absolute Gasteiger partial charge is 0.508 e. The molecule has 222 valence electrons. The van der Waals surface area contributed by atoms with Gasteiger partial charge in [0.05, 0.1) is 0 Å². The standard InChI is InChI=1S/C39H48O3/c1-22-34(25-13-16-31(40)28(19-25)37(4,5)6)23(2)36(27-15-18-33(42)30(21-27)39(10,11)12)24(3)35(22)26-14-17-32(41)29(20-26)38(7,8)9/h13-21,40-42H,1-12H3. The second-order valence-electron chi connectivity index (χ2n) is 14.9. The van der Waals surface area contributed by atoms with Crippen LogP contribution in [0.4, 0.5) is 0 Å². The Morgan fingerprint density at radius 1 is 0.381 bits per heavy atom. The van der Waals surface area contributed by atoms with Gasteiger partial charge in [0, 0.05) is 0 Å². The molecular weight excluding hydrogens is 516 g/mol. The summed E-state index contributed by atoms with van der Waals surface area (Å²) in [5.41, 5.74) is 12.1. The molecule has 42 heavy (non-hydrogen) atoms. The topological polar surface area (TPSA) is 60.7 Å². The molecule has 3 heteroatoms. The first kappa shape index (κ1) is 31.2. The Bertz CT molecular complexity index is 1450. The first-order chi connectivity index (χ1) is 19.2. The lowest BCUT2D eigenvalue weighted by Gasteiger charge is -2.27. The van der Waals surface area contributed by atoms with Crippen molar-refractivity contribution >= 4 is 0 Å². The number of aromatic hydroxyl groups is 3. The van der Waals surface area contributed by atoms with Gasteiger partial charge in [0.15, 0.2) is 0 Å².